The molecule has 0 fully saturated rings. The number of ketones is 1. The fraction of sp³-hybridized carbons (Fsp3) is 0.458. The lowest BCUT2D eigenvalue weighted by Crippen LogP contribution is -2.39. The molecular weight excluding hydrogens is 426 g/mol. The lowest BCUT2D eigenvalue weighted by Gasteiger charge is -2.16. The number of aryl methyl sites for hydroxylation is 1. The van der Waals surface area contributed by atoms with Crippen LogP contribution in [0.3, 0.4) is 0 Å². The Bertz CT molecular complexity index is 942. The van der Waals surface area contributed by atoms with Crippen molar-refractivity contribution in [2.24, 2.45) is 0 Å². The van der Waals surface area contributed by atoms with Crippen LogP contribution in [-0.2, 0) is 27.2 Å². The molecule has 0 spiro atoms. The molecule has 1 aromatic carbocycles. The van der Waals surface area contributed by atoms with E-state index in [1.165, 1.54) is 16.2 Å². The van der Waals surface area contributed by atoms with Gasteiger partial charge in [-0.15, -0.1) is 11.3 Å². The van der Waals surface area contributed by atoms with E-state index < -0.39 is 0 Å². The van der Waals surface area contributed by atoms with Gasteiger partial charge < -0.3 is 15.4 Å². The highest BCUT2D eigenvalue weighted by molar-refractivity contribution is 7.17. The van der Waals surface area contributed by atoms with E-state index in [4.69, 9.17) is 4.74 Å². The van der Waals surface area contributed by atoms with Gasteiger partial charge in [0.1, 0.15) is 5.00 Å². The number of hydrogen-bond acceptors (Lipinski definition) is 6. The minimum Gasteiger partial charge on any atom is -0.385 e. The summed E-state index contributed by atoms with van der Waals surface area (Å²) >= 11 is 1.51. The number of nitrogens with zero attached hydrogens (tertiary/aromatic N) is 1. The lowest BCUT2D eigenvalue weighted by molar-refractivity contribution is -0.123. The minimum absolute atomic E-state index is 0.0518. The summed E-state index contributed by atoms with van der Waals surface area (Å²) in [7, 11) is 3.35. The zero-order valence-electron chi connectivity index (χ0n) is 18.7. The van der Waals surface area contributed by atoms with Gasteiger partial charge in [0.05, 0.1) is 18.7 Å². The van der Waals surface area contributed by atoms with Crippen molar-refractivity contribution >= 4 is 33.9 Å². The van der Waals surface area contributed by atoms with Crippen molar-refractivity contribution in [1.82, 2.24) is 10.2 Å². The van der Waals surface area contributed by atoms with Crippen LogP contribution in [-0.4, -0.2) is 62.9 Å². The number of ether oxygens (including phenoxy) is 1. The molecule has 2 amide bonds. The van der Waals surface area contributed by atoms with E-state index in [0.29, 0.717) is 29.3 Å². The molecule has 0 unspecified atom stereocenters. The normalized spacial score (nSPS) is 13.0. The molecule has 1 aliphatic rings. The molecule has 0 atom stereocenters. The van der Waals surface area contributed by atoms with Crippen molar-refractivity contribution in [1.29, 1.82) is 0 Å². The molecule has 0 bridgehead atoms. The molecule has 1 aromatic heterocycles. The van der Waals surface area contributed by atoms with Gasteiger partial charge in [-0.25, -0.2) is 0 Å². The first-order valence-corrected chi connectivity index (χ1v) is 11.8. The van der Waals surface area contributed by atoms with E-state index >= 15 is 0 Å². The van der Waals surface area contributed by atoms with Crippen LogP contribution in [0.5, 0.6) is 0 Å². The third kappa shape index (κ3) is 6.48. The smallest absolute Gasteiger partial charge is 0.239 e. The van der Waals surface area contributed by atoms with Crippen molar-refractivity contribution in [3.63, 3.8) is 0 Å². The van der Waals surface area contributed by atoms with Crippen LogP contribution in [0.25, 0.3) is 0 Å². The molecule has 0 saturated carbocycles. The number of methoxy groups -OCH3 is 1. The van der Waals surface area contributed by atoms with E-state index in [0.717, 1.165) is 37.7 Å². The number of hydrogen-bond donors (Lipinski definition) is 2. The van der Waals surface area contributed by atoms with Gasteiger partial charge in [-0.2, -0.15) is 0 Å². The van der Waals surface area contributed by atoms with Gasteiger partial charge in [-0.05, 0) is 44.7 Å². The third-order valence-electron chi connectivity index (χ3n) is 5.36. The van der Waals surface area contributed by atoms with E-state index in [-0.39, 0.29) is 30.7 Å². The van der Waals surface area contributed by atoms with E-state index in [1.54, 1.807) is 31.2 Å². The maximum absolute atomic E-state index is 13.3. The first-order valence-electron chi connectivity index (χ1n) is 11.0. The number of benzene rings is 1. The number of carbonyl (C=O) groups is 3. The molecular formula is C24H31N3O4S. The molecule has 2 aromatic rings. The van der Waals surface area contributed by atoms with Gasteiger partial charge >= 0.3 is 0 Å². The predicted octanol–water partition coefficient (Wildman–Crippen LogP) is 2.88. The monoisotopic (exact) mass is 457 g/mol. The third-order valence-corrected chi connectivity index (χ3v) is 6.57. The first kappa shape index (κ1) is 24.1. The number of likely N-dealkylation sites (N-methyl/N-ethyl adjacent to an activating group) is 1. The zero-order valence-corrected chi connectivity index (χ0v) is 19.6. The van der Waals surface area contributed by atoms with Crippen LogP contribution < -0.4 is 10.6 Å². The van der Waals surface area contributed by atoms with Gasteiger partial charge in [0.15, 0.2) is 5.78 Å². The standard InChI is InChI=1S/C24H31N3O4S/c1-27(15-20(28)25-13-8-14-31-2)16-21(29)26-24-22(18-11-6-7-12-19(18)32-24)23(30)17-9-4-3-5-10-17/h3-5,9-10H,6-8,11-16H2,1-2H3,(H,25,28)(H,26,29). The fourth-order valence-electron chi connectivity index (χ4n) is 3.84. The topological polar surface area (TPSA) is 87.7 Å². The van der Waals surface area contributed by atoms with Gasteiger partial charge in [0.2, 0.25) is 11.8 Å². The van der Waals surface area contributed by atoms with Crippen LogP contribution in [0.15, 0.2) is 30.3 Å². The Morgan fingerprint density at radius 2 is 1.78 bits per heavy atom. The highest BCUT2D eigenvalue weighted by Crippen LogP contribution is 2.39. The van der Waals surface area contributed by atoms with Crippen molar-refractivity contribution in [2.45, 2.75) is 32.1 Å². The minimum atomic E-state index is -0.236. The maximum Gasteiger partial charge on any atom is 0.239 e. The molecule has 2 N–H and O–H groups in total. The Balaban J connectivity index is 1.65. The molecule has 172 valence electrons. The number of fused-ring (bicyclic) bond motifs is 1. The van der Waals surface area contributed by atoms with Gasteiger partial charge in [0.25, 0.3) is 0 Å². The Hall–Kier alpha value is -2.55. The van der Waals surface area contributed by atoms with Crippen LogP contribution in [0.1, 0.15) is 45.6 Å². The average molecular weight is 458 g/mol. The number of carbonyl (C=O) groups excluding carboxylic acids is 3. The van der Waals surface area contributed by atoms with Crippen molar-refractivity contribution in [3.05, 3.63) is 51.9 Å². The second-order valence-corrected chi connectivity index (χ2v) is 9.13. The zero-order chi connectivity index (χ0) is 22.9. The molecule has 0 saturated heterocycles. The largest absolute Gasteiger partial charge is 0.385 e. The summed E-state index contributed by atoms with van der Waals surface area (Å²) < 4.78 is 4.96. The fourth-order valence-corrected chi connectivity index (χ4v) is 5.14. The SMILES string of the molecule is COCCCNC(=O)CN(C)CC(=O)Nc1sc2c(c1C(=O)c1ccccc1)CCCC2. The number of nitrogens with one attached hydrogen (secondary N) is 2. The van der Waals surface area contributed by atoms with Crippen molar-refractivity contribution < 1.29 is 19.1 Å². The second-order valence-electron chi connectivity index (χ2n) is 8.03. The van der Waals surface area contributed by atoms with Crippen molar-refractivity contribution in [2.75, 3.05) is 45.7 Å². The second kappa shape index (κ2) is 11.9. The van der Waals surface area contributed by atoms with Gasteiger partial charge in [0, 0.05) is 30.7 Å². The average Bonchev–Trinajstić information content (AvgIpc) is 3.14. The van der Waals surface area contributed by atoms with E-state index in [1.807, 2.05) is 18.2 Å². The summed E-state index contributed by atoms with van der Waals surface area (Å²) in [4.78, 5) is 40.9. The summed E-state index contributed by atoms with van der Waals surface area (Å²) in [5.74, 6) is -0.424. The number of thiophene rings is 1. The van der Waals surface area contributed by atoms with Gasteiger partial charge in [-0.3, -0.25) is 19.3 Å². The Kier molecular flexibility index (Phi) is 8.96. The lowest BCUT2D eigenvalue weighted by atomic mass is 9.92. The van der Waals surface area contributed by atoms with Crippen LogP contribution in [0.4, 0.5) is 5.00 Å². The first-order chi connectivity index (χ1) is 15.5. The molecule has 0 radical (unpaired) electrons. The molecule has 8 heteroatoms. The highest BCUT2D eigenvalue weighted by Gasteiger charge is 2.27. The van der Waals surface area contributed by atoms with Crippen LogP contribution >= 0.6 is 11.3 Å². The molecule has 0 aliphatic heterocycles. The summed E-state index contributed by atoms with van der Waals surface area (Å²) in [6, 6.07) is 9.19. The maximum atomic E-state index is 13.3. The van der Waals surface area contributed by atoms with E-state index in [2.05, 4.69) is 10.6 Å². The quantitative estimate of drug-likeness (QED) is 0.400. The molecule has 1 aliphatic carbocycles. The Morgan fingerprint density at radius 3 is 2.53 bits per heavy atom. The molecule has 32 heavy (non-hydrogen) atoms. The molecule has 7 nitrogen and oxygen atoms in total. The number of anilines is 1. The predicted molar refractivity (Wildman–Crippen MR) is 126 cm³/mol. The Labute approximate surface area is 193 Å². The van der Waals surface area contributed by atoms with Crippen molar-refractivity contribution in [3.8, 4) is 0 Å². The summed E-state index contributed by atoms with van der Waals surface area (Å²) in [6.07, 6.45) is 4.69. The van der Waals surface area contributed by atoms with Gasteiger partial charge in [-0.1, -0.05) is 30.3 Å². The van der Waals surface area contributed by atoms with E-state index in [9.17, 15) is 14.4 Å². The molecule has 1 heterocycles. The Morgan fingerprint density at radius 1 is 1.06 bits per heavy atom. The van der Waals surface area contributed by atoms with Crippen LogP contribution in [0.2, 0.25) is 0 Å². The van der Waals surface area contributed by atoms with Crippen LogP contribution in [0, 0.1) is 0 Å². The molecule has 3 rings (SSSR count). The highest BCUT2D eigenvalue weighted by atomic mass is 32.1. The number of rotatable bonds is 11. The number of amides is 2. The summed E-state index contributed by atoms with van der Waals surface area (Å²) in [5, 5.41) is 6.38. The summed E-state index contributed by atoms with van der Waals surface area (Å²) in [6.45, 7) is 1.32. The summed E-state index contributed by atoms with van der Waals surface area (Å²) in [5.41, 5.74) is 2.33.